The standard InChI is InChI=1S/C36H48S2/c1-7-9-11-13-14-16-18-29-19-20-31-27(5)35(37-33(31)23-29)36-28(6)32-22-26(4)30(24-34(32)38-36)21-25(3)17-15-12-10-8-2/h19-20,22-25H,5-18,21H2,1-4H3/b36-35+. The molecule has 2 heteroatoms. The summed E-state index contributed by atoms with van der Waals surface area (Å²) in [6.45, 7) is 18.4. The summed E-state index contributed by atoms with van der Waals surface area (Å²) in [5, 5.41) is 4.98. The summed E-state index contributed by atoms with van der Waals surface area (Å²) >= 11 is 3.83. The Hall–Kier alpha value is -1.90. The molecule has 2 aromatic carbocycles. The SMILES string of the molecule is C=c1/c(=c2\sc3cc(CC(C)CCCCCC)c(C)cc3c2=C)sc2cc(CCCCCCCC)ccc12. The van der Waals surface area contributed by atoms with Crippen molar-refractivity contribution < 1.29 is 0 Å². The molecule has 0 bridgehead atoms. The third-order valence-electron chi connectivity index (χ3n) is 8.25. The summed E-state index contributed by atoms with van der Waals surface area (Å²) in [6.07, 6.45) is 17.2. The Balaban J connectivity index is 1.60. The molecule has 2 aromatic heterocycles. The smallest absolute Gasteiger partial charge is 0.0527 e. The first-order valence-electron chi connectivity index (χ1n) is 15.2. The van der Waals surface area contributed by atoms with E-state index in [-0.39, 0.29) is 0 Å². The second-order valence-corrected chi connectivity index (χ2v) is 13.7. The maximum absolute atomic E-state index is 4.56. The number of rotatable bonds is 14. The van der Waals surface area contributed by atoms with E-state index in [0.29, 0.717) is 0 Å². The summed E-state index contributed by atoms with van der Waals surface area (Å²) in [5.74, 6) is 0.737. The molecule has 1 atom stereocenters. The highest BCUT2D eigenvalue weighted by molar-refractivity contribution is 7.20. The Bertz CT molecular complexity index is 1530. The molecule has 0 fully saturated rings. The van der Waals surface area contributed by atoms with Gasteiger partial charge in [0.15, 0.2) is 0 Å². The van der Waals surface area contributed by atoms with Gasteiger partial charge in [-0.3, -0.25) is 0 Å². The van der Waals surface area contributed by atoms with Crippen molar-refractivity contribution in [3.8, 4) is 0 Å². The quantitative estimate of drug-likeness (QED) is 0.138. The molecule has 0 spiro atoms. The lowest BCUT2D eigenvalue weighted by Crippen LogP contribution is -2.03. The molecule has 0 amide bonds. The van der Waals surface area contributed by atoms with Crippen molar-refractivity contribution in [2.75, 3.05) is 0 Å². The highest BCUT2D eigenvalue weighted by Gasteiger charge is 2.11. The van der Waals surface area contributed by atoms with Crippen LogP contribution in [0, 0.1) is 21.9 Å². The lowest BCUT2D eigenvalue weighted by atomic mass is 9.92. The first kappa shape index (κ1) is 29.1. The lowest BCUT2D eigenvalue weighted by molar-refractivity contribution is 0.486. The van der Waals surface area contributed by atoms with E-state index in [1.807, 2.05) is 22.7 Å². The van der Waals surface area contributed by atoms with Gasteiger partial charge in [0.25, 0.3) is 0 Å². The van der Waals surface area contributed by atoms with Gasteiger partial charge in [-0.2, -0.15) is 0 Å². The van der Waals surface area contributed by atoms with Crippen LogP contribution in [0.2, 0.25) is 0 Å². The van der Waals surface area contributed by atoms with Crippen LogP contribution in [0.15, 0.2) is 30.3 Å². The van der Waals surface area contributed by atoms with E-state index in [4.69, 9.17) is 0 Å². The second-order valence-electron chi connectivity index (χ2n) is 11.6. The maximum Gasteiger partial charge on any atom is 0.0527 e. The van der Waals surface area contributed by atoms with Crippen LogP contribution in [-0.2, 0) is 12.8 Å². The normalized spacial score (nSPS) is 13.6. The highest BCUT2D eigenvalue weighted by Crippen LogP contribution is 2.28. The predicted molar refractivity (Wildman–Crippen MR) is 175 cm³/mol. The van der Waals surface area contributed by atoms with Crippen molar-refractivity contribution in [2.24, 2.45) is 5.92 Å². The minimum absolute atomic E-state index is 0.737. The summed E-state index contributed by atoms with van der Waals surface area (Å²) < 4.78 is 5.38. The Labute approximate surface area is 238 Å². The van der Waals surface area contributed by atoms with Gasteiger partial charge in [0.1, 0.15) is 0 Å². The topological polar surface area (TPSA) is 0 Å². The van der Waals surface area contributed by atoms with Crippen LogP contribution < -0.4 is 10.4 Å². The van der Waals surface area contributed by atoms with Crippen molar-refractivity contribution in [2.45, 2.75) is 111 Å². The van der Waals surface area contributed by atoms with E-state index in [2.05, 4.69) is 71.2 Å². The zero-order chi connectivity index (χ0) is 27.1. The number of unbranched alkanes of at least 4 members (excludes halogenated alkanes) is 8. The predicted octanol–water partition coefficient (Wildman–Crippen LogP) is 10.6. The molecule has 0 aliphatic carbocycles. The third kappa shape index (κ3) is 6.99. The molecule has 0 N–H and O–H groups in total. The van der Waals surface area contributed by atoms with Gasteiger partial charge in [0.2, 0.25) is 0 Å². The molecule has 0 saturated heterocycles. The van der Waals surface area contributed by atoms with Gasteiger partial charge in [0.05, 0.1) is 9.06 Å². The van der Waals surface area contributed by atoms with Crippen LogP contribution in [0.1, 0.15) is 108 Å². The third-order valence-corrected chi connectivity index (χ3v) is 10.8. The van der Waals surface area contributed by atoms with E-state index in [9.17, 15) is 0 Å². The lowest BCUT2D eigenvalue weighted by Gasteiger charge is -2.13. The highest BCUT2D eigenvalue weighted by atomic mass is 32.1. The first-order valence-corrected chi connectivity index (χ1v) is 16.8. The van der Waals surface area contributed by atoms with E-state index in [1.165, 1.54) is 140 Å². The van der Waals surface area contributed by atoms with E-state index >= 15 is 0 Å². The molecule has 0 radical (unpaired) electrons. The number of thiophene rings is 2. The van der Waals surface area contributed by atoms with Gasteiger partial charge >= 0.3 is 0 Å². The van der Waals surface area contributed by atoms with Crippen LogP contribution in [0.4, 0.5) is 0 Å². The van der Waals surface area contributed by atoms with Crippen LogP contribution in [0.25, 0.3) is 33.3 Å². The number of aryl methyl sites for hydroxylation is 2. The van der Waals surface area contributed by atoms with Crippen molar-refractivity contribution >= 4 is 56.0 Å². The van der Waals surface area contributed by atoms with E-state index in [0.717, 1.165) is 5.92 Å². The molecule has 0 aliphatic heterocycles. The zero-order valence-corrected chi connectivity index (χ0v) is 26.0. The molecule has 4 aromatic rings. The van der Waals surface area contributed by atoms with Gasteiger partial charge in [0, 0.05) is 14.8 Å². The summed E-state index contributed by atoms with van der Waals surface area (Å²) in [6, 6.07) is 11.9. The molecular formula is C36H48S2. The molecule has 0 saturated carbocycles. The van der Waals surface area contributed by atoms with E-state index < -0.39 is 0 Å². The zero-order valence-electron chi connectivity index (χ0n) is 24.4. The minimum Gasteiger partial charge on any atom is -0.134 e. The van der Waals surface area contributed by atoms with Crippen molar-refractivity contribution in [1.82, 2.24) is 0 Å². The Morgan fingerprint density at radius 2 is 1.32 bits per heavy atom. The van der Waals surface area contributed by atoms with Crippen LogP contribution >= 0.6 is 22.7 Å². The number of hydrogen-bond donors (Lipinski definition) is 0. The monoisotopic (exact) mass is 544 g/mol. The Morgan fingerprint density at radius 3 is 2.03 bits per heavy atom. The fourth-order valence-corrected chi connectivity index (χ4v) is 8.38. The molecule has 204 valence electrons. The summed E-state index contributed by atoms with van der Waals surface area (Å²) in [5.41, 5.74) is 4.40. The maximum atomic E-state index is 4.56. The number of fused-ring (bicyclic) bond motifs is 2. The number of benzene rings is 2. The molecule has 0 nitrogen and oxygen atoms in total. The first-order chi connectivity index (χ1) is 18.4. The Kier molecular flexibility index (Phi) is 10.7. The fraction of sp³-hybridized carbons (Fsp3) is 0.500. The van der Waals surface area contributed by atoms with Gasteiger partial charge in [-0.15, -0.1) is 22.7 Å². The van der Waals surface area contributed by atoms with Crippen molar-refractivity contribution in [1.29, 1.82) is 0 Å². The Morgan fingerprint density at radius 1 is 0.711 bits per heavy atom. The van der Waals surface area contributed by atoms with Crippen molar-refractivity contribution in [3.05, 3.63) is 66.5 Å². The average Bonchev–Trinajstić information content (AvgIpc) is 3.39. The van der Waals surface area contributed by atoms with Crippen molar-refractivity contribution in [3.63, 3.8) is 0 Å². The van der Waals surface area contributed by atoms with Crippen LogP contribution in [0.3, 0.4) is 0 Å². The molecule has 0 aliphatic rings. The largest absolute Gasteiger partial charge is 0.134 e. The number of hydrogen-bond acceptors (Lipinski definition) is 2. The minimum atomic E-state index is 0.737. The van der Waals surface area contributed by atoms with Gasteiger partial charge in [-0.05, 0) is 82.8 Å². The average molecular weight is 545 g/mol. The van der Waals surface area contributed by atoms with E-state index in [1.54, 1.807) is 0 Å². The molecule has 1 unspecified atom stereocenters. The van der Waals surface area contributed by atoms with Crippen LogP contribution in [0.5, 0.6) is 0 Å². The van der Waals surface area contributed by atoms with Gasteiger partial charge in [-0.25, -0.2) is 0 Å². The van der Waals surface area contributed by atoms with Crippen LogP contribution in [-0.4, -0.2) is 0 Å². The molecule has 2 heterocycles. The fourth-order valence-electron chi connectivity index (χ4n) is 5.79. The van der Waals surface area contributed by atoms with Gasteiger partial charge in [-0.1, -0.05) is 110 Å². The summed E-state index contributed by atoms with van der Waals surface area (Å²) in [4.78, 5) is 0. The summed E-state index contributed by atoms with van der Waals surface area (Å²) in [7, 11) is 0. The second kappa shape index (κ2) is 13.9. The van der Waals surface area contributed by atoms with Gasteiger partial charge < -0.3 is 0 Å². The molecule has 4 rings (SSSR count). The molecular weight excluding hydrogens is 497 g/mol. The molecule has 38 heavy (non-hydrogen) atoms.